The third-order valence-corrected chi connectivity index (χ3v) is 6.06. The molecular weight excluding hydrogens is 437 g/mol. The summed E-state index contributed by atoms with van der Waals surface area (Å²) in [7, 11) is 0. The zero-order valence-corrected chi connectivity index (χ0v) is 19.7. The molecule has 0 unspecified atom stereocenters. The maximum atomic E-state index is 13.4. The van der Waals surface area contributed by atoms with Gasteiger partial charge in [0, 0.05) is 17.1 Å². The zero-order valence-electron chi connectivity index (χ0n) is 18.8. The minimum absolute atomic E-state index is 0.00380. The molecule has 0 atom stereocenters. The van der Waals surface area contributed by atoms with E-state index in [1.165, 1.54) is 17.0 Å². The summed E-state index contributed by atoms with van der Waals surface area (Å²) in [5.41, 5.74) is 4.97. The van der Waals surface area contributed by atoms with Crippen LogP contribution in [0.1, 0.15) is 42.3 Å². The predicted molar refractivity (Wildman–Crippen MR) is 132 cm³/mol. The highest BCUT2D eigenvalue weighted by Crippen LogP contribution is 2.27. The Morgan fingerprint density at radius 2 is 1.58 bits per heavy atom. The Kier molecular flexibility index (Phi) is 5.99. The fraction of sp³-hybridized carbons (Fsp3) is 0.192. The van der Waals surface area contributed by atoms with Crippen molar-refractivity contribution >= 4 is 40.9 Å². The lowest BCUT2D eigenvalue weighted by Gasteiger charge is -2.29. The number of aromatic nitrogens is 1. The van der Waals surface area contributed by atoms with Gasteiger partial charge in [0.2, 0.25) is 0 Å². The smallest absolute Gasteiger partial charge is 0.270 e. The molecule has 5 nitrogen and oxygen atoms in total. The van der Waals surface area contributed by atoms with Gasteiger partial charge in [-0.15, -0.1) is 0 Å². The number of rotatable bonds is 4. The molecule has 1 aromatic heterocycles. The summed E-state index contributed by atoms with van der Waals surface area (Å²) >= 11 is 5.30. The third-order valence-electron chi connectivity index (χ3n) is 5.77. The molecule has 1 N–H and O–H groups in total. The van der Waals surface area contributed by atoms with Gasteiger partial charge < -0.3 is 4.57 Å². The summed E-state index contributed by atoms with van der Waals surface area (Å²) in [4.78, 5) is 27.4. The minimum atomic E-state index is -0.536. The molecule has 7 heteroatoms. The number of halogens is 1. The average molecular weight is 462 g/mol. The first-order valence-corrected chi connectivity index (χ1v) is 11.0. The van der Waals surface area contributed by atoms with Gasteiger partial charge in [-0.05, 0) is 91.7 Å². The van der Waals surface area contributed by atoms with Gasteiger partial charge in [0.1, 0.15) is 11.4 Å². The van der Waals surface area contributed by atoms with E-state index in [-0.39, 0.29) is 16.5 Å². The Morgan fingerprint density at radius 3 is 2.18 bits per heavy atom. The minimum Gasteiger partial charge on any atom is -0.318 e. The van der Waals surface area contributed by atoms with E-state index >= 15 is 0 Å². The molecule has 0 saturated carbocycles. The number of amides is 2. The first kappa shape index (κ1) is 22.6. The van der Waals surface area contributed by atoms with Gasteiger partial charge in [0.25, 0.3) is 11.8 Å². The lowest BCUT2D eigenvalue weighted by atomic mass is 10.0. The van der Waals surface area contributed by atoms with Gasteiger partial charge in [-0.1, -0.05) is 26.0 Å². The van der Waals surface area contributed by atoms with Crippen LogP contribution in [-0.2, 0) is 9.59 Å². The lowest BCUT2D eigenvalue weighted by Crippen LogP contribution is -2.54. The van der Waals surface area contributed by atoms with Gasteiger partial charge in [-0.2, -0.15) is 0 Å². The van der Waals surface area contributed by atoms with Crippen LogP contribution < -0.4 is 10.2 Å². The fourth-order valence-corrected chi connectivity index (χ4v) is 4.26. The Balaban J connectivity index is 1.72. The van der Waals surface area contributed by atoms with Crippen LogP contribution in [0.5, 0.6) is 0 Å². The molecule has 0 spiro atoms. The van der Waals surface area contributed by atoms with E-state index in [4.69, 9.17) is 12.2 Å². The molecule has 4 rings (SSSR count). The van der Waals surface area contributed by atoms with Crippen LogP contribution in [0.2, 0.25) is 0 Å². The summed E-state index contributed by atoms with van der Waals surface area (Å²) in [6.45, 7) is 7.99. The van der Waals surface area contributed by atoms with Crippen molar-refractivity contribution in [2.24, 2.45) is 0 Å². The van der Waals surface area contributed by atoms with E-state index in [0.29, 0.717) is 11.6 Å². The van der Waals surface area contributed by atoms with Crippen molar-refractivity contribution in [3.8, 4) is 5.69 Å². The van der Waals surface area contributed by atoms with Gasteiger partial charge >= 0.3 is 0 Å². The molecule has 0 aliphatic carbocycles. The quantitative estimate of drug-likeness (QED) is 0.331. The molecule has 0 radical (unpaired) electrons. The first-order chi connectivity index (χ1) is 15.7. The number of thiocarbonyl (C=S) groups is 1. The second-order valence-corrected chi connectivity index (χ2v) is 8.73. The average Bonchev–Trinajstić information content (AvgIpc) is 3.05. The summed E-state index contributed by atoms with van der Waals surface area (Å²) in [5, 5.41) is 2.68. The summed E-state index contributed by atoms with van der Waals surface area (Å²) < 4.78 is 15.3. The van der Waals surface area contributed by atoms with Crippen molar-refractivity contribution in [3.63, 3.8) is 0 Å². The molecule has 1 aliphatic rings. The highest BCUT2D eigenvalue weighted by molar-refractivity contribution is 7.80. The Bertz CT molecular complexity index is 1290. The molecule has 168 valence electrons. The molecule has 33 heavy (non-hydrogen) atoms. The number of aryl methyl sites for hydroxylation is 1. The summed E-state index contributed by atoms with van der Waals surface area (Å²) in [5.74, 6) is -0.973. The first-order valence-electron chi connectivity index (χ1n) is 10.6. The van der Waals surface area contributed by atoms with E-state index in [1.54, 1.807) is 18.2 Å². The standard InChI is InChI=1S/C26H24FN3O2S/c1-15(2)18-5-9-22(10-6-18)30-25(32)23(24(31)28-26(30)33)14-19-13-16(3)29(17(19)4)21-11-7-20(27)8-12-21/h5-15H,1-4H3,(H,28,31,33). The Hall–Kier alpha value is -3.58. The number of carbonyl (C=O) groups excluding carboxylic acids is 2. The van der Waals surface area contributed by atoms with Crippen molar-refractivity contribution in [1.29, 1.82) is 0 Å². The van der Waals surface area contributed by atoms with Gasteiger partial charge in [0.05, 0.1) is 5.69 Å². The lowest BCUT2D eigenvalue weighted by molar-refractivity contribution is -0.122. The van der Waals surface area contributed by atoms with Crippen LogP contribution >= 0.6 is 12.2 Å². The Labute approximate surface area is 197 Å². The van der Waals surface area contributed by atoms with E-state index in [1.807, 2.05) is 48.7 Å². The van der Waals surface area contributed by atoms with Gasteiger partial charge in [0.15, 0.2) is 5.11 Å². The van der Waals surface area contributed by atoms with Gasteiger partial charge in [-0.25, -0.2) is 4.39 Å². The number of carbonyl (C=O) groups is 2. The second-order valence-electron chi connectivity index (χ2n) is 8.34. The SMILES string of the molecule is Cc1cc(C=C2C(=O)NC(=S)N(c3ccc(C(C)C)cc3)C2=O)c(C)n1-c1ccc(F)cc1. The molecule has 1 aliphatic heterocycles. The van der Waals surface area contributed by atoms with Crippen LogP contribution in [0.3, 0.4) is 0 Å². The van der Waals surface area contributed by atoms with Crippen LogP contribution in [0.25, 0.3) is 11.8 Å². The number of hydrogen-bond acceptors (Lipinski definition) is 3. The maximum absolute atomic E-state index is 13.4. The molecule has 0 bridgehead atoms. The highest BCUT2D eigenvalue weighted by atomic mass is 32.1. The molecular formula is C26H24FN3O2S. The van der Waals surface area contributed by atoms with Crippen LogP contribution in [0.15, 0.2) is 60.2 Å². The fourth-order valence-electron chi connectivity index (χ4n) is 3.98. The van der Waals surface area contributed by atoms with Crippen molar-refractivity contribution in [1.82, 2.24) is 9.88 Å². The van der Waals surface area contributed by atoms with Gasteiger partial charge in [-0.3, -0.25) is 19.8 Å². The highest BCUT2D eigenvalue weighted by Gasteiger charge is 2.34. The van der Waals surface area contributed by atoms with Crippen molar-refractivity contribution < 1.29 is 14.0 Å². The van der Waals surface area contributed by atoms with E-state index in [2.05, 4.69) is 19.2 Å². The number of anilines is 1. The molecule has 3 aromatic rings. The summed E-state index contributed by atoms with van der Waals surface area (Å²) in [6.07, 6.45) is 1.58. The van der Waals surface area contributed by atoms with Crippen molar-refractivity contribution in [2.75, 3.05) is 4.90 Å². The van der Waals surface area contributed by atoms with Crippen molar-refractivity contribution in [3.05, 3.63) is 88.5 Å². The number of nitrogens with one attached hydrogen (secondary N) is 1. The van der Waals surface area contributed by atoms with E-state index in [9.17, 15) is 14.0 Å². The maximum Gasteiger partial charge on any atom is 0.270 e. The Morgan fingerprint density at radius 1 is 0.970 bits per heavy atom. The molecule has 2 amide bonds. The number of nitrogens with zero attached hydrogens (tertiary/aromatic N) is 2. The molecule has 2 heterocycles. The predicted octanol–water partition coefficient (Wildman–Crippen LogP) is 5.19. The largest absolute Gasteiger partial charge is 0.318 e. The van der Waals surface area contributed by atoms with E-state index < -0.39 is 11.8 Å². The van der Waals surface area contributed by atoms with Crippen LogP contribution in [0.4, 0.5) is 10.1 Å². The molecule has 1 fully saturated rings. The third kappa shape index (κ3) is 4.24. The zero-order chi connectivity index (χ0) is 23.9. The topological polar surface area (TPSA) is 54.3 Å². The van der Waals surface area contributed by atoms with Crippen molar-refractivity contribution in [2.45, 2.75) is 33.6 Å². The molecule has 1 saturated heterocycles. The summed E-state index contributed by atoms with van der Waals surface area (Å²) in [6, 6.07) is 15.6. The second kappa shape index (κ2) is 8.75. The number of hydrogen-bond donors (Lipinski definition) is 1. The normalized spacial score (nSPS) is 15.5. The monoisotopic (exact) mass is 461 g/mol. The van der Waals surface area contributed by atoms with Crippen LogP contribution in [-0.4, -0.2) is 21.5 Å². The van der Waals surface area contributed by atoms with E-state index in [0.717, 1.165) is 28.2 Å². The van der Waals surface area contributed by atoms with Crippen LogP contribution in [0, 0.1) is 19.7 Å². The molecule has 2 aromatic carbocycles. The number of benzene rings is 2.